The van der Waals surface area contributed by atoms with Crippen LogP contribution in [0.25, 0.3) is 0 Å². The Morgan fingerprint density at radius 2 is 1.15 bits per heavy atom. The van der Waals surface area contributed by atoms with Crippen molar-refractivity contribution in [2.75, 3.05) is 13.2 Å². The van der Waals surface area contributed by atoms with Gasteiger partial charge in [-0.05, 0) is 42.2 Å². The highest BCUT2D eigenvalue weighted by molar-refractivity contribution is 5.97. The Morgan fingerprint density at radius 1 is 0.735 bits per heavy atom. The van der Waals surface area contributed by atoms with E-state index >= 15 is 0 Å². The Morgan fingerprint density at radius 3 is 1.56 bits per heavy atom. The molecule has 1 unspecified atom stereocenters. The SMILES string of the molecule is CC(C)C1COC(=O)c2cccc(c2)C(=O)OC[C@@H](C(C)C)NC(=O)c2cccc(n2)C(=O)N1. The topological polar surface area (TPSA) is 124 Å². The van der Waals surface area contributed by atoms with Gasteiger partial charge in [0, 0.05) is 0 Å². The number of nitrogens with one attached hydrogen (secondary N) is 2. The molecule has 2 atom stereocenters. The summed E-state index contributed by atoms with van der Waals surface area (Å²) in [4.78, 5) is 55.0. The van der Waals surface area contributed by atoms with Gasteiger partial charge in [-0.15, -0.1) is 0 Å². The minimum atomic E-state index is -0.622. The second-order valence-electron chi connectivity index (χ2n) is 8.83. The summed E-state index contributed by atoms with van der Waals surface area (Å²) in [6.07, 6.45) is 0. The van der Waals surface area contributed by atoms with Crippen molar-refractivity contribution >= 4 is 23.8 Å². The highest BCUT2D eigenvalue weighted by atomic mass is 16.5. The third-order valence-electron chi connectivity index (χ3n) is 5.58. The van der Waals surface area contributed by atoms with Crippen LogP contribution in [0.2, 0.25) is 0 Å². The summed E-state index contributed by atoms with van der Waals surface area (Å²) >= 11 is 0. The minimum absolute atomic E-state index is 0.0538. The summed E-state index contributed by atoms with van der Waals surface area (Å²) in [5, 5.41) is 5.64. The van der Waals surface area contributed by atoms with E-state index < -0.39 is 35.8 Å². The Kier molecular flexibility index (Phi) is 7.99. The van der Waals surface area contributed by atoms with Crippen molar-refractivity contribution in [2.24, 2.45) is 11.8 Å². The molecule has 2 aromatic rings. The standard InChI is InChI=1S/C25H29N3O6/c1-14(2)20-12-33-24(31)16-7-5-8-17(11-16)25(32)34-13-21(15(3)4)28-23(30)19-10-6-9-18(26-19)22(29)27-20/h5-11,14-15,20-21H,12-13H2,1-4H3,(H,27,29)(H,28,30)/t20-,21?/m0/s1. The van der Waals surface area contributed by atoms with Crippen molar-refractivity contribution in [1.82, 2.24) is 15.6 Å². The number of aromatic nitrogens is 1. The Bertz CT molecular complexity index is 1010. The van der Waals surface area contributed by atoms with E-state index in [-0.39, 0.29) is 47.6 Å². The van der Waals surface area contributed by atoms with Crippen molar-refractivity contribution in [1.29, 1.82) is 0 Å². The molecular weight excluding hydrogens is 438 g/mol. The molecule has 0 radical (unpaired) electrons. The van der Waals surface area contributed by atoms with Crippen molar-refractivity contribution in [3.63, 3.8) is 0 Å². The third kappa shape index (κ3) is 6.18. The first-order valence-corrected chi connectivity index (χ1v) is 11.2. The van der Waals surface area contributed by atoms with E-state index in [4.69, 9.17) is 9.47 Å². The number of amides is 2. The number of cyclic esters (lactones) is 2. The van der Waals surface area contributed by atoms with Crippen LogP contribution in [-0.4, -0.2) is 54.0 Å². The molecule has 9 heteroatoms. The quantitative estimate of drug-likeness (QED) is 0.651. The van der Waals surface area contributed by atoms with Crippen LogP contribution < -0.4 is 10.6 Å². The normalized spacial score (nSPS) is 20.1. The first kappa shape index (κ1) is 24.9. The molecule has 2 N–H and O–H groups in total. The first-order valence-electron chi connectivity index (χ1n) is 11.2. The van der Waals surface area contributed by atoms with Gasteiger partial charge in [-0.1, -0.05) is 39.8 Å². The number of fused-ring (bicyclic) bond motifs is 4. The molecule has 9 nitrogen and oxygen atoms in total. The Balaban J connectivity index is 1.95. The van der Waals surface area contributed by atoms with E-state index in [1.165, 1.54) is 30.3 Å². The fourth-order valence-corrected chi connectivity index (χ4v) is 3.24. The van der Waals surface area contributed by atoms with Gasteiger partial charge < -0.3 is 20.1 Å². The smallest absolute Gasteiger partial charge is 0.338 e. The molecule has 34 heavy (non-hydrogen) atoms. The van der Waals surface area contributed by atoms with Gasteiger partial charge in [-0.3, -0.25) is 9.59 Å². The summed E-state index contributed by atoms with van der Waals surface area (Å²) in [7, 11) is 0. The molecule has 0 spiro atoms. The summed E-state index contributed by atoms with van der Waals surface area (Å²) < 4.78 is 10.8. The molecule has 1 aliphatic rings. The van der Waals surface area contributed by atoms with E-state index in [1.807, 2.05) is 27.7 Å². The van der Waals surface area contributed by atoms with Crippen LogP contribution in [0.5, 0.6) is 0 Å². The zero-order valence-electron chi connectivity index (χ0n) is 19.7. The van der Waals surface area contributed by atoms with E-state index in [2.05, 4.69) is 15.6 Å². The molecule has 1 aliphatic heterocycles. The molecule has 2 amide bonds. The number of benzene rings is 1. The van der Waals surface area contributed by atoms with Crippen LogP contribution in [0, 0.1) is 11.8 Å². The van der Waals surface area contributed by atoms with Crippen LogP contribution in [-0.2, 0) is 9.47 Å². The minimum Gasteiger partial charge on any atom is -0.460 e. The number of carbonyl (C=O) groups is 4. The van der Waals surface area contributed by atoms with Gasteiger partial charge >= 0.3 is 11.9 Å². The highest BCUT2D eigenvalue weighted by Crippen LogP contribution is 2.13. The average molecular weight is 468 g/mol. The molecule has 2 heterocycles. The van der Waals surface area contributed by atoms with Gasteiger partial charge in [0.25, 0.3) is 11.8 Å². The fourth-order valence-electron chi connectivity index (χ4n) is 3.24. The van der Waals surface area contributed by atoms with Crippen LogP contribution in [0.15, 0.2) is 42.5 Å². The second kappa shape index (κ2) is 10.9. The number of hydrogen-bond acceptors (Lipinski definition) is 7. The van der Waals surface area contributed by atoms with Gasteiger partial charge in [-0.25, -0.2) is 14.6 Å². The molecule has 0 saturated carbocycles. The second-order valence-corrected chi connectivity index (χ2v) is 8.83. The maximum atomic E-state index is 12.8. The predicted molar refractivity (Wildman–Crippen MR) is 123 cm³/mol. The van der Waals surface area contributed by atoms with Gasteiger partial charge in [0.05, 0.1) is 23.2 Å². The average Bonchev–Trinajstić information content (AvgIpc) is 2.82. The number of hydrogen-bond donors (Lipinski definition) is 2. The molecule has 0 fully saturated rings. The number of pyridine rings is 1. The summed E-state index contributed by atoms with van der Waals surface area (Å²) in [5.74, 6) is -2.32. The lowest BCUT2D eigenvalue weighted by Crippen LogP contribution is -2.44. The number of nitrogens with zero attached hydrogens (tertiary/aromatic N) is 1. The summed E-state index contributed by atoms with van der Waals surface area (Å²) in [6, 6.07) is 9.61. The first-order chi connectivity index (χ1) is 16.2. The van der Waals surface area contributed by atoms with Crippen molar-refractivity contribution < 1.29 is 28.7 Å². The molecule has 4 bridgehead atoms. The molecule has 1 aromatic carbocycles. The zero-order valence-corrected chi connectivity index (χ0v) is 19.7. The summed E-state index contributed by atoms with van der Waals surface area (Å²) in [6.45, 7) is 7.37. The maximum absolute atomic E-state index is 12.8. The van der Waals surface area contributed by atoms with E-state index in [0.717, 1.165) is 0 Å². The molecule has 180 valence electrons. The van der Waals surface area contributed by atoms with Crippen molar-refractivity contribution in [3.8, 4) is 0 Å². The number of ether oxygens (including phenoxy) is 2. The monoisotopic (exact) mass is 467 g/mol. The maximum Gasteiger partial charge on any atom is 0.338 e. The highest BCUT2D eigenvalue weighted by Gasteiger charge is 2.24. The van der Waals surface area contributed by atoms with E-state index in [9.17, 15) is 19.2 Å². The van der Waals surface area contributed by atoms with Gasteiger partial charge in [0.15, 0.2) is 0 Å². The van der Waals surface area contributed by atoms with E-state index in [0.29, 0.717) is 0 Å². The van der Waals surface area contributed by atoms with Gasteiger partial charge in [0.1, 0.15) is 24.6 Å². The molecular formula is C25H29N3O6. The largest absolute Gasteiger partial charge is 0.460 e. The molecule has 0 saturated heterocycles. The van der Waals surface area contributed by atoms with Crippen LogP contribution in [0.1, 0.15) is 69.4 Å². The van der Waals surface area contributed by atoms with Crippen LogP contribution >= 0.6 is 0 Å². The van der Waals surface area contributed by atoms with Crippen LogP contribution in [0.3, 0.4) is 0 Å². The third-order valence-corrected chi connectivity index (χ3v) is 5.58. The molecule has 3 rings (SSSR count). The van der Waals surface area contributed by atoms with Gasteiger partial charge in [-0.2, -0.15) is 0 Å². The lowest BCUT2D eigenvalue weighted by Gasteiger charge is -2.23. The van der Waals surface area contributed by atoms with Crippen molar-refractivity contribution in [3.05, 3.63) is 65.0 Å². The van der Waals surface area contributed by atoms with Crippen LogP contribution in [0.4, 0.5) is 0 Å². The molecule has 0 aliphatic carbocycles. The Hall–Kier alpha value is -3.75. The van der Waals surface area contributed by atoms with Crippen molar-refractivity contribution in [2.45, 2.75) is 39.8 Å². The molecule has 1 aromatic heterocycles. The predicted octanol–water partition coefficient (Wildman–Crippen LogP) is 2.62. The summed E-state index contributed by atoms with van der Waals surface area (Å²) in [5.41, 5.74) is 0.497. The lowest BCUT2D eigenvalue weighted by molar-refractivity contribution is 0.0425. The number of esters is 2. The van der Waals surface area contributed by atoms with E-state index in [1.54, 1.807) is 12.1 Å². The Labute approximate surface area is 198 Å². The fraction of sp³-hybridized carbons (Fsp3) is 0.400. The number of rotatable bonds is 2. The zero-order chi connectivity index (χ0) is 24.8. The number of carbonyl (C=O) groups excluding carboxylic acids is 4. The lowest BCUT2D eigenvalue weighted by atomic mass is 10.0. The van der Waals surface area contributed by atoms with Gasteiger partial charge in [0.2, 0.25) is 0 Å².